The van der Waals surface area contributed by atoms with E-state index in [0.717, 1.165) is 12.8 Å². The lowest BCUT2D eigenvalue weighted by molar-refractivity contribution is -0.146. The lowest BCUT2D eigenvalue weighted by Gasteiger charge is -2.55. The number of Topliss-reactive ketones (excluding diaryl/α,β-unsaturated/α-hetero) is 1. The zero-order valence-corrected chi connectivity index (χ0v) is 17.0. The van der Waals surface area contributed by atoms with Crippen LogP contribution in [0, 0.1) is 35.0 Å². The molecule has 0 aromatic heterocycles. The predicted molar refractivity (Wildman–Crippen MR) is 106 cm³/mol. The summed E-state index contributed by atoms with van der Waals surface area (Å²) in [5.41, 5.74) is 1.46. The molecule has 4 fully saturated rings. The third kappa shape index (κ3) is 2.39. The topological polar surface area (TPSA) is 37.3 Å². The Labute approximate surface area is 160 Å². The van der Waals surface area contributed by atoms with Gasteiger partial charge in [0.15, 0.2) is 0 Å². The monoisotopic (exact) mass is 378 g/mol. The van der Waals surface area contributed by atoms with Gasteiger partial charge in [-0.05, 0) is 55.8 Å². The van der Waals surface area contributed by atoms with Gasteiger partial charge in [-0.1, -0.05) is 25.5 Å². The van der Waals surface area contributed by atoms with Gasteiger partial charge in [-0.15, -0.1) is 23.5 Å². The number of aliphatic hydroxyl groups is 1. The molecule has 2 nitrogen and oxygen atoms in total. The van der Waals surface area contributed by atoms with Gasteiger partial charge in [0, 0.05) is 29.3 Å². The van der Waals surface area contributed by atoms with Gasteiger partial charge < -0.3 is 5.11 Å². The highest BCUT2D eigenvalue weighted by Crippen LogP contribution is 2.64. The van der Waals surface area contributed by atoms with Crippen LogP contribution < -0.4 is 0 Å². The number of fused-ring (bicyclic) bond motifs is 5. The third-order valence-corrected chi connectivity index (χ3v) is 11.7. The van der Waals surface area contributed by atoms with E-state index < -0.39 is 0 Å². The highest BCUT2D eigenvalue weighted by atomic mass is 32.2. The predicted octanol–water partition coefficient (Wildman–Crippen LogP) is 4.52. The molecule has 0 radical (unpaired) electrons. The van der Waals surface area contributed by atoms with Crippen molar-refractivity contribution in [2.45, 2.75) is 62.6 Å². The second-order valence-electron chi connectivity index (χ2n) is 9.51. The lowest BCUT2D eigenvalue weighted by Crippen LogP contribution is -2.54. The van der Waals surface area contributed by atoms with Crippen LogP contribution >= 0.6 is 23.5 Å². The number of allylic oxidation sites excluding steroid dienone is 1. The average molecular weight is 379 g/mol. The van der Waals surface area contributed by atoms with Crippen LogP contribution in [0.25, 0.3) is 0 Å². The maximum atomic E-state index is 13.3. The lowest BCUT2D eigenvalue weighted by atomic mass is 9.49. The molecule has 4 aliphatic carbocycles. The first-order chi connectivity index (χ1) is 11.9. The van der Waals surface area contributed by atoms with Crippen molar-refractivity contribution in [3.05, 3.63) is 11.6 Å². The fourth-order valence-corrected chi connectivity index (χ4v) is 10.3. The molecular weight excluding hydrogens is 348 g/mol. The summed E-state index contributed by atoms with van der Waals surface area (Å²) in [5.74, 6) is 5.40. The Morgan fingerprint density at radius 1 is 1.20 bits per heavy atom. The molecule has 0 amide bonds. The number of thioether (sulfide) groups is 2. The summed E-state index contributed by atoms with van der Waals surface area (Å²) < 4.78 is 0.328. The van der Waals surface area contributed by atoms with E-state index in [1.54, 1.807) is 5.57 Å². The number of carbonyl (C=O) groups is 1. The summed E-state index contributed by atoms with van der Waals surface area (Å²) in [4.78, 5) is 13.3. The van der Waals surface area contributed by atoms with E-state index in [9.17, 15) is 9.90 Å². The number of aliphatic hydroxyl groups excluding tert-OH is 1. The second kappa shape index (κ2) is 5.78. The molecule has 1 N–H and O–H groups in total. The fourth-order valence-electron chi connectivity index (χ4n) is 7.16. The molecule has 5 aliphatic rings. The van der Waals surface area contributed by atoms with E-state index in [-0.39, 0.29) is 17.4 Å². The summed E-state index contributed by atoms with van der Waals surface area (Å²) in [6, 6.07) is 0. The van der Waals surface area contributed by atoms with Crippen LogP contribution in [-0.4, -0.2) is 32.6 Å². The molecule has 5 unspecified atom stereocenters. The minimum Gasteiger partial charge on any atom is -0.393 e. The Morgan fingerprint density at radius 3 is 2.72 bits per heavy atom. The Bertz CT molecular complexity index is 623. The molecule has 1 spiro atoms. The van der Waals surface area contributed by atoms with E-state index in [0.29, 0.717) is 40.0 Å². The van der Waals surface area contributed by atoms with Crippen LogP contribution in [-0.2, 0) is 4.79 Å². The van der Waals surface area contributed by atoms with Crippen LogP contribution in [0.2, 0.25) is 0 Å². The van der Waals surface area contributed by atoms with Gasteiger partial charge in [0.05, 0.1) is 10.2 Å². The second-order valence-corrected chi connectivity index (χ2v) is 12.6. The SMILES string of the molecule is CC1CC2=CC3(CCC2C2C(=O)C[C@@]4(C)C(CC[C@@H]4O)C12)SCCS3. The molecule has 1 heterocycles. The normalized spacial score (nSPS) is 51.0. The van der Waals surface area contributed by atoms with E-state index in [2.05, 4.69) is 43.4 Å². The third-order valence-electron chi connectivity index (χ3n) is 8.28. The molecule has 3 saturated carbocycles. The van der Waals surface area contributed by atoms with Gasteiger partial charge in [0.25, 0.3) is 0 Å². The minimum atomic E-state index is -0.271. The first-order valence-electron chi connectivity index (χ1n) is 10.1. The summed E-state index contributed by atoms with van der Waals surface area (Å²) >= 11 is 4.27. The first kappa shape index (κ1) is 17.2. The number of ketones is 1. The molecule has 0 bridgehead atoms. The average Bonchev–Trinajstić information content (AvgIpc) is 3.12. The van der Waals surface area contributed by atoms with Gasteiger partial charge >= 0.3 is 0 Å². The first-order valence-corrected chi connectivity index (χ1v) is 12.1. The van der Waals surface area contributed by atoms with Gasteiger partial charge in [-0.3, -0.25) is 4.79 Å². The van der Waals surface area contributed by atoms with Gasteiger partial charge in [-0.25, -0.2) is 0 Å². The zero-order valence-electron chi connectivity index (χ0n) is 15.4. The summed E-state index contributed by atoms with van der Waals surface area (Å²) in [6.07, 6.45) is 8.60. The summed E-state index contributed by atoms with van der Waals surface area (Å²) in [5, 5.41) is 10.6. The molecule has 25 heavy (non-hydrogen) atoms. The van der Waals surface area contributed by atoms with Gasteiger partial charge in [0.2, 0.25) is 0 Å². The number of rotatable bonds is 0. The van der Waals surface area contributed by atoms with Crippen molar-refractivity contribution in [3.63, 3.8) is 0 Å². The van der Waals surface area contributed by atoms with Crippen LogP contribution in [0.15, 0.2) is 11.6 Å². The van der Waals surface area contributed by atoms with Gasteiger partial charge in [-0.2, -0.15) is 0 Å². The molecule has 7 atom stereocenters. The number of hydrogen-bond donors (Lipinski definition) is 1. The smallest absolute Gasteiger partial charge is 0.137 e. The Kier molecular flexibility index (Phi) is 3.98. The van der Waals surface area contributed by atoms with Crippen LogP contribution in [0.1, 0.15) is 52.4 Å². The molecule has 5 rings (SSSR count). The van der Waals surface area contributed by atoms with Crippen molar-refractivity contribution in [1.82, 2.24) is 0 Å². The Morgan fingerprint density at radius 2 is 1.96 bits per heavy atom. The molecular formula is C21H30O2S2. The van der Waals surface area contributed by atoms with E-state index in [1.807, 2.05) is 0 Å². The van der Waals surface area contributed by atoms with Crippen molar-refractivity contribution >= 4 is 29.3 Å². The quantitative estimate of drug-likeness (QED) is 0.629. The van der Waals surface area contributed by atoms with Crippen LogP contribution in [0.5, 0.6) is 0 Å². The molecule has 4 heteroatoms. The fraction of sp³-hybridized carbons (Fsp3) is 0.857. The van der Waals surface area contributed by atoms with Crippen molar-refractivity contribution in [3.8, 4) is 0 Å². The van der Waals surface area contributed by atoms with Crippen molar-refractivity contribution in [1.29, 1.82) is 0 Å². The Balaban J connectivity index is 1.51. The van der Waals surface area contributed by atoms with Crippen molar-refractivity contribution < 1.29 is 9.90 Å². The molecule has 1 saturated heterocycles. The standard InChI is InChI=1S/C21H30O2S2/c1-12-9-13-10-21(24-7-8-25-21)6-5-14(13)19-16(22)11-20(2)15(18(12)19)3-4-17(20)23/h10,12,14-15,17-19,23H,3-9,11H2,1-2H3/t12?,14?,15?,17-,18?,19?,20-/m0/s1. The van der Waals surface area contributed by atoms with Crippen molar-refractivity contribution in [2.24, 2.45) is 35.0 Å². The highest BCUT2D eigenvalue weighted by molar-refractivity contribution is 8.21. The maximum Gasteiger partial charge on any atom is 0.137 e. The zero-order chi connectivity index (χ0) is 17.4. The number of carbonyl (C=O) groups excluding carboxylic acids is 1. The van der Waals surface area contributed by atoms with Crippen LogP contribution in [0.3, 0.4) is 0 Å². The number of hydrogen-bond acceptors (Lipinski definition) is 4. The minimum absolute atomic E-state index is 0.152. The molecule has 0 aromatic carbocycles. The molecule has 1 aliphatic heterocycles. The maximum absolute atomic E-state index is 13.3. The van der Waals surface area contributed by atoms with E-state index in [4.69, 9.17) is 0 Å². The molecule has 0 aromatic rings. The summed E-state index contributed by atoms with van der Waals surface area (Å²) in [7, 11) is 0. The highest BCUT2D eigenvalue weighted by Gasteiger charge is 2.61. The van der Waals surface area contributed by atoms with E-state index >= 15 is 0 Å². The van der Waals surface area contributed by atoms with E-state index in [1.165, 1.54) is 30.8 Å². The molecule has 138 valence electrons. The van der Waals surface area contributed by atoms with Crippen molar-refractivity contribution in [2.75, 3.05) is 11.5 Å². The largest absolute Gasteiger partial charge is 0.393 e. The van der Waals surface area contributed by atoms with Gasteiger partial charge in [0.1, 0.15) is 5.78 Å². The Hall–Kier alpha value is 0.0700. The van der Waals surface area contributed by atoms with Crippen LogP contribution in [0.4, 0.5) is 0 Å². The summed E-state index contributed by atoms with van der Waals surface area (Å²) in [6.45, 7) is 4.58.